The van der Waals surface area contributed by atoms with E-state index in [4.69, 9.17) is 25.8 Å². The molecule has 0 spiro atoms. The van der Waals surface area contributed by atoms with Crippen LogP contribution in [-0.4, -0.2) is 31.2 Å². The maximum absolute atomic E-state index is 13.0. The molecular formula is C18H15ClF3NO6. The number of ether oxygens (including phenoxy) is 3. The lowest BCUT2D eigenvalue weighted by molar-refractivity contribution is -0.388. The summed E-state index contributed by atoms with van der Waals surface area (Å²) in [6.45, 7) is 0.268. The summed E-state index contributed by atoms with van der Waals surface area (Å²) < 4.78 is 54.3. The molecule has 0 saturated carbocycles. The molecule has 0 radical (unpaired) electrons. The molecule has 0 aliphatic heterocycles. The van der Waals surface area contributed by atoms with Gasteiger partial charge in [-0.15, -0.1) is 0 Å². The van der Waals surface area contributed by atoms with Crippen molar-refractivity contribution in [3.63, 3.8) is 0 Å². The summed E-state index contributed by atoms with van der Waals surface area (Å²) in [5.74, 6) is -0.846. The molecule has 0 aliphatic carbocycles. The highest BCUT2D eigenvalue weighted by molar-refractivity contribution is 6.34. The Morgan fingerprint density at radius 2 is 1.83 bits per heavy atom. The second kappa shape index (κ2) is 9.57. The molecule has 0 bridgehead atoms. The van der Waals surface area contributed by atoms with Gasteiger partial charge in [0.15, 0.2) is 10.8 Å². The number of nitrogens with zero attached hydrogens (tertiary/aromatic N) is 1. The molecule has 2 aromatic rings. The number of carbonyl (C=O) groups is 1. The fourth-order valence-electron chi connectivity index (χ4n) is 2.35. The van der Waals surface area contributed by atoms with Crippen molar-refractivity contribution < 1.29 is 37.1 Å². The van der Waals surface area contributed by atoms with E-state index in [1.165, 1.54) is 13.2 Å². The van der Waals surface area contributed by atoms with Gasteiger partial charge in [-0.3, -0.25) is 14.9 Å². The minimum atomic E-state index is -4.96. The Morgan fingerprint density at radius 1 is 1.14 bits per heavy atom. The van der Waals surface area contributed by atoms with Crippen LogP contribution in [0, 0.1) is 10.1 Å². The molecule has 0 atom stereocenters. The van der Waals surface area contributed by atoms with E-state index in [9.17, 15) is 28.1 Å². The second-order valence-corrected chi connectivity index (χ2v) is 6.01. The first kappa shape index (κ1) is 22.4. The van der Waals surface area contributed by atoms with E-state index in [0.717, 1.165) is 6.07 Å². The summed E-state index contributed by atoms with van der Waals surface area (Å²) in [6, 6.07) is 7.55. The van der Waals surface area contributed by atoms with Crippen molar-refractivity contribution in [1.29, 1.82) is 0 Å². The number of halogens is 4. The van der Waals surface area contributed by atoms with Crippen molar-refractivity contribution >= 4 is 23.3 Å². The first-order valence-electron chi connectivity index (χ1n) is 8.09. The van der Waals surface area contributed by atoms with Crippen LogP contribution < -0.4 is 4.74 Å². The molecule has 0 saturated heterocycles. The summed E-state index contributed by atoms with van der Waals surface area (Å²) in [6.07, 6.45) is -5.16. The summed E-state index contributed by atoms with van der Waals surface area (Å²) in [7, 11) is 1.45. The average molecular weight is 434 g/mol. The van der Waals surface area contributed by atoms with Gasteiger partial charge in [0.1, 0.15) is 17.9 Å². The van der Waals surface area contributed by atoms with E-state index in [-0.39, 0.29) is 31.1 Å². The number of rotatable bonds is 8. The number of esters is 1. The molecule has 2 aromatic carbocycles. The highest BCUT2D eigenvalue weighted by Gasteiger charge is 2.40. The van der Waals surface area contributed by atoms with Gasteiger partial charge in [0.05, 0.1) is 18.0 Å². The number of para-hydroxylation sites is 1. The Morgan fingerprint density at radius 3 is 2.45 bits per heavy atom. The number of methoxy groups -OCH3 is 1. The van der Waals surface area contributed by atoms with Gasteiger partial charge in [0.2, 0.25) is 0 Å². The summed E-state index contributed by atoms with van der Waals surface area (Å²) >= 11 is 5.84. The van der Waals surface area contributed by atoms with Gasteiger partial charge < -0.3 is 14.2 Å². The normalized spacial score (nSPS) is 11.2. The third-order valence-corrected chi connectivity index (χ3v) is 4.01. The lowest BCUT2D eigenvalue weighted by atomic mass is 10.1. The molecule has 0 N–H and O–H groups in total. The molecule has 0 aliphatic rings. The van der Waals surface area contributed by atoms with Gasteiger partial charge in [-0.25, -0.2) is 0 Å². The number of nitro benzene ring substituents is 1. The van der Waals surface area contributed by atoms with Crippen LogP contribution >= 0.6 is 11.6 Å². The van der Waals surface area contributed by atoms with Crippen LogP contribution in [-0.2, 0) is 26.9 Å². The van der Waals surface area contributed by atoms with E-state index < -0.39 is 33.3 Å². The van der Waals surface area contributed by atoms with E-state index in [1.54, 1.807) is 18.2 Å². The van der Waals surface area contributed by atoms with Crippen LogP contribution in [0.2, 0.25) is 5.02 Å². The number of hydrogen-bond acceptors (Lipinski definition) is 6. The van der Waals surface area contributed by atoms with E-state index in [1.807, 2.05) is 0 Å². The predicted octanol–water partition coefficient (Wildman–Crippen LogP) is 4.79. The SMILES string of the molecule is COCCOC(=O)Cc1ccccc1Oc1ccc(C(F)(F)F)c([N+](=O)[O-])c1Cl. The average Bonchev–Trinajstić information content (AvgIpc) is 2.63. The van der Waals surface area contributed by atoms with Gasteiger partial charge in [0, 0.05) is 12.7 Å². The lowest BCUT2D eigenvalue weighted by Gasteiger charge is -2.14. The summed E-state index contributed by atoms with van der Waals surface area (Å²) in [5.41, 5.74) is -2.45. The summed E-state index contributed by atoms with van der Waals surface area (Å²) in [5, 5.41) is 10.3. The zero-order valence-electron chi connectivity index (χ0n) is 15.0. The fourth-order valence-corrected chi connectivity index (χ4v) is 2.62. The van der Waals surface area contributed by atoms with Gasteiger partial charge in [0.25, 0.3) is 0 Å². The topological polar surface area (TPSA) is 87.9 Å². The van der Waals surface area contributed by atoms with Crippen molar-refractivity contribution in [2.75, 3.05) is 20.3 Å². The smallest absolute Gasteiger partial charge is 0.423 e. The number of alkyl halides is 3. The van der Waals surface area contributed by atoms with Crippen LogP contribution in [0.25, 0.3) is 0 Å². The zero-order chi connectivity index (χ0) is 21.6. The highest BCUT2D eigenvalue weighted by Crippen LogP contribution is 2.45. The minimum Gasteiger partial charge on any atom is -0.463 e. The van der Waals surface area contributed by atoms with Crippen LogP contribution in [0.15, 0.2) is 36.4 Å². The number of carbonyl (C=O) groups excluding carboxylic acids is 1. The Bertz CT molecular complexity index is 904. The van der Waals surface area contributed by atoms with Crippen molar-refractivity contribution in [1.82, 2.24) is 0 Å². The summed E-state index contributed by atoms with van der Waals surface area (Å²) in [4.78, 5) is 21.8. The molecule has 2 rings (SSSR count). The monoisotopic (exact) mass is 433 g/mol. The Hall–Kier alpha value is -2.85. The molecule has 29 heavy (non-hydrogen) atoms. The molecule has 0 amide bonds. The maximum Gasteiger partial charge on any atom is 0.423 e. The molecule has 0 aromatic heterocycles. The first-order chi connectivity index (χ1) is 13.6. The predicted molar refractivity (Wildman–Crippen MR) is 96.2 cm³/mol. The Kier molecular flexibility index (Phi) is 7.40. The Labute approximate surface area is 168 Å². The van der Waals surface area contributed by atoms with Crippen molar-refractivity contribution in [3.8, 4) is 11.5 Å². The molecule has 156 valence electrons. The van der Waals surface area contributed by atoms with E-state index >= 15 is 0 Å². The minimum absolute atomic E-state index is 0.0509. The highest BCUT2D eigenvalue weighted by atomic mass is 35.5. The van der Waals surface area contributed by atoms with Gasteiger partial charge in [-0.05, 0) is 18.2 Å². The van der Waals surface area contributed by atoms with Gasteiger partial charge in [-0.1, -0.05) is 29.8 Å². The third kappa shape index (κ3) is 5.81. The van der Waals surface area contributed by atoms with Crippen LogP contribution in [0.3, 0.4) is 0 Å². The molecule has 0 fully saturated rings. The zero-order valence-corrected chi connectivity index (χ0v) is 15.7. The molecule has 11 heteroatoms. The molecular weight excluding hydrogens is 419 g/mol. The molecule has 0 unspecified atom stereocenters. The third-order valence-electron chi connectivity index (χ3n) is 3.65. The quantitative estimate of drug-likeness (QED) is 0.257. The Balaban J connectivity index is 2.32. The van der Waals surface area contributed by atoms with Crippen molar-refractivity contribution in [2.45, 2.75) is 12.6 Å². The van der Waals surface area contributed by atoms with Crippen molar-refractivity contribution in [2.24, 2.45) is 0 Å². The van der Waals surface area contributed by atoms with Gasteiger partial charge in [-0.2, -0.15) is 13.2 Å². The maximum atomic E-state index is 13.0. The van der Waals surface area contributed by atoms with E-state index in [2.05, 4.69) is 0 Å². The number of nitro groups is 1. The standard InChI is InChI=1S/C18H15ClF3NO6/c1-27-8-9-28-15(24)10-11-4-2-3-5-13(11)29-14-7-6-12(18(20,21)22)17(16(14)19)23(25)26/h2-7H,8-10H2,1H3. The van der Waals surface area contributed by atoms with Crippen LogP contribution in [0.5, 0.6) is 11.5 Å². The first-order valence-corrected chi connectivity index (χ1v) is 8.47. The lowest BCUT2D eigenvalue weighted by Crippen LogP contribution is -2.12. The van der Waals surface area contributed by atoms with Crippen LogP contribution in [0.4, 0.5) is 18.9 Å². The number of benzene rings is 2. The largest absolute Gasteiger partial charge is 0.463 e. The van der Waals surface area contributed by atoms with Crippen LogP contribution in [0.1, 0.15) is 11.1 Å². The number of hydrogen-bond donors (Lipinski definition) is 0. The fraction of sp³-hybridized carbons (Fsp3) is 0.278. The van der Waals surface area contributed by atoms with Crippen molar-refractivity contribution in [3.05, 3.63) is 62.7 Å². The molecule has 0 heterocycles. The molecule has 7 nitrogen and oxygen atoms in total. The van der Waals surface area contributed by atoms with Gasteiger partial charge >= 0.3 is 17.8 Å². The second-order valence-electron chi connectivity index (χ2n) is 5.63. The van der Waals surface area contributed by atoms with E-state index in [0.29, 0.717) is 11.6 Å².